The number of carbonyl (C=O) groups is 4. The summed E-state index contributed by atoms with van der Waals surface area (Å²) in [5, 5.41) is 15.7. The van der Waals surface area contributed by atoms with Crippen LogP contribution >= 0.6 is 0 Å². The first-order valence-corrected chi connectivity index (χ1v) is 16.4. The van der Waals surface area contributed by atoms with Crippen molar-refractivity contribution in [1.29, 1.82) is 0 Å². The van der Waals surface area contributed by atoms with Crippen LogP contribution in [0.5, 0.6) is 0 Å². The van der Waals surface area contributed by atoms with E-state index in [-0.39, 0.29) is 17.7 Å². The lowest BCUT2D eigenvalue weighted by Gasteiger charge is -2.26. The molecule has 1 aromatic carbocycles. The van der Waals surface area contributed by atoms with Crippen LogP contribution in [0.1, 0.15) is 42.6 Å². The lowest BCUT2D eigenvalue weighted by molar-refractivity contribution is -0.192. The fourth-order valence-corrected chi connectivity index (χ4v) is 5.06. The molecule has 0 bridgehead atoms. The Labute approximate surface area is 303 Å². The predicted molar refractivity (Wildman–Crippen MR) is 194 cm³/mol. The Morgan fingerprint density at radius 2 is 1.43 bits per heavy atom. The Hall–Kier alpha value is -5.94. The van der Waals surface area contributed by atoms with Crippen LogP contribution < -0.4 is 20.9 Å². The van der Waals surface area contributed by atoms with E-state index >= 15 is 0 Å². The van der Waals surface area contributed by atoms with Gasteiger partial charge in [0.1, 0.15) is 11.4 Å². The molecule has 0 spiro atoms. The standard InChI is InChI=1S/C34H40N8O4.C2HF3O2/c1-39(2)29-11-6-24(7-12-29)5-9-26-10-8-25(21-36-26)32(43)37-27-20-31(41(4)22-27)34(45)38-28-19-30(40(3)23-28)33(44)35-13-14-42-15-17-46-18-16-42;3-2(4,5)1(6)7/h5-12,19-23H,13-18H2,1-4H3,(H,35,44)(H,37,43)(H,38,45);(H,6,7)/b9-5+;. The number of nitrogens with one attached hydrogen (secondary N) is 3. The topological polar surface area (TPSA) is 163 Å². The third-order valence-corrected chi connectivity index (χ3v) is 7.96. The average Bonchev–Trinajstić information content (AvgIpc) is 3.68. The summed E-state index contributed by atoms with van der Waals surface area (Å²) in [7, 11) is 7.48. The first kappa shape index (κ1) is 39.8. The molecule has 0 radical (unpaired) electrons. The van der Waals surface area contributed by atoms with Crippen LogP contribution in [-0.2, 0) is 23.6 Å². The molecule has 282 valence electrons. The number of morpholine rings is 1. The quantitative estimate of drug-likeness (QED) is 0.177. The van der Waals surface area contributed by atoms with Crippen LogP contribution in [0.15, 0.2) is 67.1 Å². The van der Waals surface area contributed by atoms with Crippen molar-refractivity contribution in [3.63, 3.8) is 0 Å². The fraction of sp³-hybridized carbons (Fsp3) is 0.306. The molecule has 1 aliphatic heterocycles. The Morgan fingerprint density at radius 3 is 1.96 bits per heavy atom. The molecular formula is C36H41F3N8O6. The van der Waals surface area contributed by atoms with Gasteiger partial charge in [-0.1, -0.05) is 18.2 Å². The van der Waals surface area contributed by atoms with E-state index in [0.717, 1.165) is 36.6 Å². The number of alkyl halides is 3. The van der Waals surface area contributed by atoms with E-state index in [4.69, 9.17) is 14.6 Å². The van der Waals surface area contributed by atoms with Crippen molar-refractivity contribution in [2.45, 2.75) is 6.18 Å². The van der Waals surface area contributed by atoms with Crippen LogP contribution in [0, 0.1) is 0 Å². The zero-order valence-electron chi connectivity index (χ0n) is 29.6. The van der Waals surface area contributed by atoms with E-state index in [1.54, 1.807) is 59.9 Å². The van der Waals surface area contributed by atoms with Crippen molar-refractivity contribution < 1.29 is 42.2 Å². The fourth-order valence-electron chi connectivity index (χ4n) is 5.06. The number of ether oxygens (including phenoxy) is 1. The van der Waals surface area contributed by atoms with E-state index < -0.39 is 12.1 Å². The highest BCUT2D eigenvalue weighted by Gasteiger charge is 2.38. The zero-order chi connectivity index (χ0) is 38.7. The van der Waals surface area contributed by atoms with Crippen molar-refractivity contribution in [3.8, 4) is 0 Å². The third-order valence-electron chi connectivity index (χ3n) is 7.96. The monoisotopic (exact) mass is 738 g/mol. The van der Waals surface area contributed by atoms with Crippen LogP contribution in [0.4, 0.5) is 30.2 Å². The van der Waals surface area contributed by atoms with Crippen molar-refractivity contribution in [3.05, 3.63) is 95.3 Å². The van der Waals surface area contributed by atoms with Crippen LogP contribution in [0.25, 0.3) is 12.2 Å². The second-order valence-electron chi connectivity index (χ2n) is 12.2. The minimum atomic E-state index is -5.08. The summed E-state index contributed by atoms with van der Waals surface area (Å²) in [5.41, 5.74) is 5.02. The number of benzene rings is 1. The number of pyridine rings is 1. The van der Waals surface area contributed by atoms with Gasteiger partial charge in [-0.25, -0.2) is 4.79 Å². The molecule has 14 nitrogen and oxygen atoms in total. The number of halogens is 3. The normalized spacial score (nSPS) is 13.2. The molecule has 1 aliphatic rings. The van der Waals surface area contributed by atoms with Crippen LogP contribution in [-0.4, -0.2) is 107 Å². The Bertz CT molecular complexity index is 1910. The van der Waals surface area contributed by atoms with E-state index in [9.17, 15) is 27.6 Å². The van der Waals surface area contributed by atoms with Crippen molar-refractivity contribution in [2.75, 3.05) is 69.0 Å². The summed E-state index contributed by atoms with van der Waals surface area (Å²) >= 11 is 0. The molecule has 0 saturated carbocycles. The lowest BCUT2D eigenvalue weighted by Crippen LogP contribution is -2.41. The second-order valence-corrected chi connectivity index (χ2v) is 12.2. The third kappa shape index (κ3) is 11.8. The number of hydrogen-bond donors (Lipinski definition) is 4. The molecule has 3 amide bonds. The molecule has 5 rings (SSSR count). The van der Waals surface area contributed by atoms with Gasteiger partial charge in [-0.15, -0.1) is 0 Å². The van der Waals surface area contributed by atoms with E-state index in [0.29, 0.717) is 48.1 Å². The molecule has 1 saturated heterocycles. The lowest BCUT2D eigenvalue weighted by atomic mass is 10.1. The number of nitrogens with zero attached hydrogens (tertiary/aromatic N) is 5. The number of rotatable bonds is 11. The maximum Gasteiger partial charge on any atom is 0.490 e. The first-order chi connectivity index (χ1) is 25.1. The Balaban J connectivity index is 0.000000815. The summed E-state index contributed by atoms with van der Waals surface area (Å²) < 4.78 is 40.4. The van der Waals surface area contributed by atoms with E-state index in [1.807, 2.05) is 55.4 Å². The van der Waals surface area contributed by atoms with Crippen molar-refractivity contribution >= 4 is 52.9 Å². The molecule has 53 heavy (non-hydrogen) atoms. The molecule has 3 aromatic heterocycles. The number of hydrogen-bond acceptors (Lipinski definition) is 8. The summed E-state index contributed by atoms with van der Waals surface area (Å²) in [6, 6.07) is 14.9. The van der Waals surface area contributed by atoms with Gasteiger partial charge in [0.25, 0.3) is 17.7 Å². The number of carboxylic acid groups (broad SMARTS) is 1. The zero-order valence-corrected chi connectivity index (χ0v) is 29.6. The summed E-state index contributed by atoms with van der Waals surface area (Å²) in [4.78, 5) is 56.3. The summed E-state index contributed by atoms with van der Waals surface area (Å²) in [6.45, 7) is 4.41. The molecule has 4 aromatic rings. The Morgan fingerprint density at radius 1 is 0.868 bits per heavy atom. The molecule has 0 aliphatic carbocycles. The summed E-state index contributed by atoms with van der Waals surface area (Å²) in [6.07, 6.45) is 3.65. The Kier molecular flexibility index (Phi) is 13.5. The predicted octanol–water partition coefficient (Wildman–Crippen LogP) is 4.19. The van der Waals surface area contributed by atoms with Gasteiger partial charge in [0.2, 0.25) is 0 Å². The molecular weight excluding hydrogens is 697 g/mol. The number of anilines is 3. The number of aromatic nitrogens is 3. The van der Waals surface area contributed by atoms with E-state index in [1.165, 1.54) is 6.20 Å². The molecule has 4 heterocycles. The molecule has 4 N–H and O–H groups in total. The first-order valence-electron chi connectivity index (χ1n) is 16.4. The van der Waals surface area contributed by atoms with Crippen LogP contribution in [0.3, 0.4) is 0 Å². The minimum Gasteiger partial charge on any atom is -0.475 e. The summed E-state index contributed by atoms with van der Waals surface area (Å²) in [5.74, 6) is -3.68. The van der Waals surface area contributed by atoms with Gasteiger partial charge in [-0.2, -0.15) is 13.2 Å². The van der Waals surface area contributed by atoms with Gasteiger partial charge in [-0.3, -0.25) is 24.3 Å². The smallest absolute Gasteiger partial charge is 0.475 e. The van der Waals surface area contributed by atoms with Gasteiger partial charge in [0, 0.05) is 78.6 Å². The SMILES string of the molecule is CN(C)c1ccc(/C=C/c2ccc(C(=O)Nc3cc(C(=O)Nc4cc(C(=O)NCCN5CCOCC5)n(C)c4)n(C)c3)cn2)cc1.O=C(O)C(F)(F)F. The van der Waals surface area contributed by atoms with Crippen LogP contribution in [0.2, 0.25) is 0 Å². The number of carbonyl (C=O) groups excluding carboxylic acids is 3. The molecule has 0 atom stereocenters. The van der Waals surface area contributed by atoms with Gasteiger partial charge in [0.05, 0.1) is 35.8 Å². The van der Waals surface area contributed by atoms with Gasteiger partial charge < -0.3 is 39.8 Å². The number of aryl methyl sites for hydroxylation is 2. The van der Waals surface area contributed by atoms with Gasteiger partial charge >= 0.3 is 12.1 Å². The number of amides is 3. The van der Waals surface area contributed by atoms with Crippen molar-refractivity contribution in [2.24, 2.45) is 14.1 Å². The second kappa shape index (κ2) is 18.0. The van der Waals surface area contributed by atoms with Gasteiger partial charge in [-0.05, 0) is 48.0 Å². The highest BCUT2D eigenvalue weighted by Crippen LogP contribution is 2.19. The maximum absolute atomic E-state index is 13.1. The molecule has 0 unspecified atom stereocenters. The highest BCUT2D eigenvalue weighted by molar-refractivity contribution is 6.07. The number of carboxylic acids is 1. The molecule has 17 heteroatoms. The van der Waals surface area contributed by atoms with Crippen molar-refractivity contribution in [1.82, 2.24) is 24.3 Å². The van der Waals surface area contributed by atoms with Gasteiger partial charge in [0.15, 0.2) is 0 Å². The highest BCUT2D eigenvalue weighted by atomic mass is 19.4. The largest absolute Gasteiger partial charge is 0.490 e. The van der Waals surface area contributed by atoms with E-state index in [2.05, 4.69) is 25.8 Å². The number of aliphatic carboxylic acids is 1. The minimum absolute atomic E-state index is 0.214. The molecule has 1 fully saturated rings. The average molecular weight is 739 g/mol. The maximum atomic E-state index is 13.1.